The summed E-state index contributed by atoms with van der Waals surface area (Å²) >= 11 is 0. The molecule has 5 nitrogen and oxygen atoms in total. The van der Waals surface area contributed by atoms with Crippen LogP contribution in [0, 0.1) is 5.92 Å². The molecular formula is C10H18N2O3. The minimum absolute atomic E-state index is 0.0125. The van der Waals surface area contributed by atoms with Crippen molar-refractivity contribution in [3.8, 4) is 0 Å². The number of likely N-dealkylation sites (tertiary alicyclic amines) is 1. The number of carboxylic acids is 1. The summed E-state index contributed by atoms with van der Waals surface area (Å²) in [5.41, 5.74) is 0. The van der Waals surface area contributed by atoms with Crippen molar-refractivity contribution in [2.24, 2.45) is 5.92 Å². The lowest BCUT2D eigenvalue weighted by Crippen LogP contribution is -2.54. The van der Waals surface area contributed by atoms with Crippen molar-refractivity contribution in [1.29, 1.82) is 0 Å². The van der Waals surface area contributed by atoms with E-state index in [1.807, 2.05) is 6.92 Å². The topological polar surface area (TPSA) is 60.9 Å². The summed E-state index contributed by atoms with van der Waals surface area (Å²) in [7, 11) is 1.77. The average Bonchev–Trinajstić information content (AvgIpc) is 2.09. The van der Waals surface area contributed by atoms with Crippen LogP contribution in [0.5, 0.6) is 0 Å². The smallest absolute Gasteiger partial charge is 0.319 e. The van der Waals surface area contributed by atoms with Gasteiger partial charge in [-0.3, -0.25) is 4.79 Å². The Bertz CT molecular complexity index is 249. The van der Waals surface area contributed by atoms with Crippen LogP contribution in [0.15, 0.2) is 0 Å². The highest BCUT2D eigenvalue weighted by Crippen LogP contribution is 2.20. The molecule has 0 saturated carbocycles. The summed E-state index contributed by atoms with van der Waals surface area (Å²) in [4.78, 5) is 25.4. The number of aliphatic carboxylic acids is 1. The third kappa shape index (κ3) is 3.11. The normalized spacial score (nSPS) is 16.0. The maximum absolute atomic E-state index is 11.7. The van der Waals surface area contributed by atoms with Gasteiger partial charge in [-0.1, -0.05) is 6.92 Å². The molecule has 0 aromatic heterocycles. The van der Waals surface area contributed by atoms with Crippen LogP contribution < -0.4 is 0 Å². The van der Waals surface area contributed by atoms with Crippen LogP contribution in [-0.4, -0.2) is 53.6 Å². The highest BCUT2D eigenvalue weighted by Gasteiger charge is 2.33. The van der Waals surface area contributed by atoms with E-state index in [0.29, 0.717) is 13.1 Å². The Hall–Kier alpha value is -1.26. The molecular weight excluding hydrogens is 196 g/mol. The van der Waals surface area contributed by atoms with E-state index < -0.39 is 5.97 Å². The molecule has 0 radical (unpaired) electrons. The van der Waals surface area contributed by atoms with E-state index in [2.05, 4.69) is 0 Å². The lowest BCUT2D eigenvalue weighted by atomic mass is 9.97. The van der Waals surface area contributed by atoms with Crippen molar-refractivity contribution in [3.63, 3.8) is 0 Å². The minimum atomic E-state index is -0.783. The summed E-state index contributed by atoms with van der Waals surface area (Å²) in [5, 5.41) is 8.55. The van der Waals surface area contributed by atoms with E-state index in [9.17, 15) is 9.59 Å². The minimum Gasteiger partial charge on any atom is -0.481 e. The predicted molar refractivity (Wildman–Crippen MR) is 55.6 cm³/mol. The number of carboxylic acid groups (broad SMARTS) is 1. The Labute approximate surface area is 89.7 Å². The third-order valence-corrected chi connectivity index (χ3v) is 2.58. The first-order chi connectivity index (χ1) is 7.04. The van der Waals surface area contributed by atoms with Crippen molar-refractivity contribution in [1.82, 2.24) is 9.80 Å². The highest BCUT2D eigenvalue weighted by molar-refractivity contribution is 5.75. The van der Waals surface area contributed by atoms with Crippen molar-refractivity contribution >= 4 is 12.0 Å². The van der Waals surface area contributed by atoms with Gasteiger partial charge in [-0.2, -0.15) is 0 Å². The lowest BCUT2D eigenvalue weighted by molar-refractivity contribution is -0.139. The molecule has 86 valence electrons. The molecule has 1 fully saturated rings. The summed E-state index contributed by atoms with van der Waals surface area (Å²) < 4.78 is 0. The monoisotopic (exact) mass is 214 g/mol. The predicted octanol–water partition coefficient (Wildman–Crippen LogP) is 0.855. The lowest BCUT2D eigenvalue weighted by Gasteiger charge is -2.40. The Balaban J connectivity index is 2.26. The summed E-state index contributed by atoms with van der Waals surface area (Å²) in [6.07, 6.45) is 1.11. The molecule has 1 saturated heterocycles. The number of nitrogens with zero attached hydrogens (tertiary/aromatic N) is 2. The zero-order chi connectivity index (χ0) is 11.4. The summed E-state index contributed by atoms with van der Waals surface area (Å²) in [6, 6.07) is 0.0125. The van der Waals surface area contributed by atoms with Crippen LogP contribution in [0.25, 0.3) is 0 Å². The number of carbonyl (C=O) groups is 2. The van der Waals surface area contributed by atoms with E-state index in [0.717, 1.165) is 13.0 Å². The second-order valence-corrected chi connectivity index (χ2v) is 4.07. The Morgan fingerprint density at radius 3 is 2.53 bits per heavy atom. The number of urea groups is 1. The van der Waals surface area contributed by atoms with Gasteiger partial charge in [0.25, 0.3) is 0 Å². The Kier molecular flexibility index (Phi) is 3.94. The fourth-order valence-electron chi connectivity index (χ4n) is 1.77. The maximum Gasteiger partial charge on any atom is 0.319 e. The van der Waals surface area contributed by atoms with E-state index >= 15 is 0 Å². The van der Waals surface area contributed by atoms with Gasteiger partial charge in [0, 0.05) is 32.6 Å². The van der Waals surface area contributed by atoms with Crippen molar-refractivity contribution in [2.75, 3.05) is 26.7 Å². The fourth-order valence-corrected chi connectivity index (χ4v) is 1.77. The van der Waals surface area contributed by atoms with E-state index in [1.54, 1.807) is 16.8 Å². The van der Waals surface area contributed by atoms with Crippen molar-refractivity contribution < 1.29 is 14.7 Å². The van der Waals surface area contributed by atoms with Crippen LogP contribution in [-0.2, 0) is 4.79 Å². The quantitative estimate of drug-likeness (QED) is 0.754. The van der Waals surface area contributed by atoms with Gasteiger partial charge < -0.3 is 14.9 Å². The Morgan fingerprint density at radius 1 is 1.47 bits per heavy atom. The zero-order valence-corrected chi connectivity index (χ0v) is 9.27. The first kappa shape index (κ1) is 11.8. The van der Waals surface area contributed by atoms with Crippen LogP contribution in [0.3, 0.4) is 0 Å². The second kappa shape index (κ2) is 5.00. The molecule has 1 N–H and O–H groups in total. The molecule has 0 unspecified atom stereocenters. The third-order valence-electron chi connectivity index (χ3n) is 2.58. The van der Waals surface area contributed by atoms with Gasteiger partial charge in [0.05, 0.1) is 6.42 Å². The number of carbonyl (C=O) groups excluding carboxylic acids is 1. The molecule has 0 aromatic rings. The molecule has 0 aliphatic carbocycles. The number of hydrogen-bond acceptors (Lipinski definition) is 2. The highest BCUT2D eigenvalue weighted by atomic mass is 16.4. The Morgan fingerprint density at radius 2 is 2.07 bits per heavy atom. The number of rotatable bonds is 4. The summed E-state index contributed by atoms with van der Waals surface area (Å²) in [6.45, 7) is 3.93. The largest absolute Gasteiger partial charge is 0.481 e. The van der Waals surface area contributed by atoms with Crippen LogP contribution in [0.2, 0.25) is 0 Å². The van der Waals surface area contributed by atoms with E-state index in [4.69, 9.17) is 5.11 Å². The molecule has 0 atom stereocenters. The number of amides is 2. The molecule has 0 aromatic carbocycles. The van der Waals surface area contributed by atoms with Crippen LogP contribution in [0.4, 0.5) is 4.79 Å². The molecule has 5 heteroatoms. The SMILES string of the molecule is CCCN(C)C(=O)N1CC(CC(=O)O)C1. The van der Waals surface area contributed by atoms with Gasteiger partial charge in [-0.15, -0.1) is 0 Å². The van der Waals surface area contributed by atoms with Crippen molar-refractivity contribution in [3.05, 3.63) is 0 Å². The van der Waals surface area contributed by atoms with Crippen LogP contribution >= 0.6 is 0 Å². The van der Waals surface area contributed by atoms with Crippen molar-refractivity contribution in [2.45, 2.75) is 19.8 Å². The molecule has 15 heavy (non-hydrogen) atoms. The maximum atomic E-state index is 11.7. The molecule has 0 bridgehead atoms. The molecule has 1 rings (SSSR count). The first-order valence-electron chi connectivity index (χ1n) is 5.26. The standard InChI is InChI=1S/C10H18N2O3/c1-3-4-11(2)10(15)12-6-8(7-12)5-9(13)14/h8H,3-7H2,1-2H3,(H,13,14). The fraction of sp³-hybridized carbons (Fsp3) is 0.800. The summed E-state index contributed by atoms with van der Waals surface area (Å²) in [5.74, 6) is -0.643. The van der Waals surface area contributed by atoms with Gasteiger partial charge in [0.15, 0.2) is 0 Å². The van der Waals surface area contributed by atoms with Gasteiger partial charge in [-0.05, 0) is 6.42 Å². The second-order valence-electron chi connectivity index (χ2n) is 4.07. The molecule has 2 amide bonds. The van der Waals surface area contributed by atoms with Crippen LogP contribution in [0.1, 0.15) is 19.8 Å². The molecule has 1 aliphatic heterocycles. The van der Waals surface area contributed by atoms with Gasteiger partial charge in [0.2, 0.25) is 0 Å². The van der Waals surface area contributed by atoms with Gasteiger partial charge >= 0.3 is 12.0 Å². The van der Waals surface area contributed by atoms with E-state index in [1.165, 1.54) is 0 Å². The zero-order valence-electron chi connectivity index (χ0n) is 9.27. The molecule has 0 spiro atoms. The van der Waals surface area contributed by atoms with Gasteiger partial charge in [-0.25, -0.2) is 4.79 Å². The van der Waals surface area contributed by atoms with E-state index in [-0.39, 0.29) is 18.4 Å². The molecule has 1 aliphatic rings. The first-order valence-corrected chi connectivity index (χ1v) is 5.26. The number of hydrogen-bond donors (Lipinski definition) is 1. The average molecular weight is 214 g/mol. The van der Waals surface area contributed by atoms with Gasteiger partial charge in [0.1, 0.15) is 0 Å². The molecule has 1 heterocycles.